The van der Waals surface area contributed by atoms with Crippen LogP contribution in [0, 0.1) is 0 Å². The number of carbonyl (C=O) groups excluding carboxylic acids is 3. The molecule has 1 aliphatic carbocycles. The molecule has 1 aliphatic heterocycles. The Labute approximate surface area is 213 Å². The molecule has 2 amide bonds. The number of rotatable bonds is 8. The molecule has 2 N–H and O–H groups in total. The van der Waals surface area contributed by atoms with Gasteiger partial charge in [-0.25, -0.2) is 0 Å². The number of nitrogens with zero attached hydrogens (tertiary/aromatic N) is 1. The zero-order valence-corrected chi connectivity index (χ0v) is 21.5. The molecule has 2 aliphatic rings. The molecule has 1 aromatic rings. The van der Waals surface area contributed by atoms with E-state index in [0.29, 0.717) is 29.9 Å². The van der Waals surface area contributed by atoms with Crippen molar-refractivity contribution < 1.29 is 28.6 Å². The van der Waals surface area contributed by atoms with Crippen molar-refractivity contribution in [2.45, 2.75) is 50.7 Å². The van der Waals surface area contributed by atoms with Gasteiger partial charge in [-0.2, -0.15) is 0 Å². The topological polar surface area (TPSA) is 106 Å². The summed E-state index contributed by atoms with van der Waals surface area (Å²) in [5.74, 6) is -0.860. The van der Waals surface area contributed by atoms with Crippen molar-refractivity contribution in [2.24, 2.45) is 0 Å². The van der Waals surface area contributed by atoms with E-state index < -0.39 is 17.9 Å². The van der Waals surface area contributed by atoms with E-state index in [4.69, 9.17) is 26.4 Å². The minimum Gasteiger partial charge on any atom is -0.490 e. The zero-order chi connectivity index (χ0) is 24.5. The molecule has 0 spiro atoms. The Bertz CT molecular complexity index is 909. The van der Waals surface area contributed by atoms with Gasteiger partial charge < -0.3 is 24.4 Å². The lowest BCUT2D eigenvalue weighted by atomic mass is 9.98. The van der Waals surface area contributed by atoms with Gasteiger partial charge in [0.05, 0.1) is 18.6 Å². The normalized spacial score (nSPS) is 18.7. The molecule has 0 radical (unpaired) electrons. The van der Waals surface area contributed by atoms with Gasteiger partial charge in [-0.3, -0.25) is 19.7 Å². The maximum atomic E-state index is 13.0. The molecule has 1 unspecified atom stereocenters. The summed E-state index contributed by atoms with van der Waals surface area (Å²) >= 11 is 8.83. The van der Waals surface area contributed by atoms with Crippen LogP contribution in [0.3, 0.4) is 0 Å². The lowest BCUT2D eigenvalue weighted by Crippen LogP contribution is -2.60. The summed E-state index contributed by atoms with van der Waals surface area (Å²) in [6, 6.07) is 4.22. The van der Waals surface area contributed by atoms with E-state index in [1.54, 1.807) is 30.2 Å². The molecule has 1 saturated heterocycles. The summed E-state index contributed by atoms with van der Waals surface area (Å²) in [6.07, 6.45) is 4.69. The molecule has 2 fully saturated rings. The fraction of sp³-hybridized carbons (Fsp3) is 0.565. The Kier molecular flexibility index (Phi) is 10.1. The van der Waals surface area contributed by atoms with Gasteiger partial charge in [0, 0.05) is 24.7 Å². The first-order valence-corrected chi connectivity index (χ1v) is 12.6. The van der Waals surface area contributed by atoms with Crippen LogP contribution < -0.4 is 15.4 Å². The van der Waals surface area contributed by atoms with Crippen molar-refractivity contribution in [3.8, 4) is 5.75 Å². The van der Waals surface area contributed by atoms with Crippen LogP contribution in [0.15, 0.2) is 22.7 Å². The molecular weight excluding hydrogens is 526 g/mol. The molecule has 0 bridgehead atoms. The lowest BCUT2D eigenvalue weighted by molar-refractivity contribution is -0.153. The molecule has 1 saturated carbocycles. The average molecular weight is 556 g/mol. The van der Waals surface area contributed by atoms with Gasteiger partial charge in [0.15, 0.2) is 5.11 Å². The number of halogens is 1. The number of nitrogens with one attached hydrogen (secondary N) is 2. The maximum Gasteiger partial charge on any atom is 0.308 e. The smallest absolute Gasteiger partial charge is 0.308 e. The number of thiocarbonyl (C=S) groups is 1. The highest BCUT2D eigenvalue weighted by Gasteiger charge is 2.35. The second kappa shape index (κ2) is 13.0. The van der Waals surface area contributed by atoms with Crippen molar-refractivity contribution in [3.05, 3.63) is 28.2 Å². The van der Waals surface area contributed by atoms with E-state index in [1.807, 2.05) is 0 Å². The highest BCUT2D eigenvalue weighted by Crippen LogP contribution is 2.24. The number of carbonyl (C=O) groups is 3. The minimum atomic E-state index is -0.849. The number of hydrogen-bond donors (Lipinski definition) is 2. The van der Waals surface area contributed by atoms with Crippen molar-refractivity contribution in [3.63, 3.8) is 0 Å². The minimum absolute atomic E-state index is 0.0677. The highest BCUT2D eigenvalue weighted by atomic mass is 79.9. The number of methoxy groups -OCH3 is 1. The number of amides is 2. The average Bonchev–Trinajstić information content (AvgIpc) is 2.82. The first-order valence-electron chi connectivity index (χ1n) is 11.4. The third-order valence-corrected chi connectivity index (χ3v) is 6.58. The summed E-state index contributed by atoms with van der Waals surface area (Å²) in [7, 11) is 1.56. The van der Waals surface area contributed by atoms with Gasteiger partial charge in [0.25, 0.3) is 5.91 Å². The molecule has 3 rings (SSSR count). The molecular formula is C23H30BrN3O6S. The molecule has 1 aromatic carbocycles. The van der Waals surface area contributed by atoms with Crippen LogP contribution >= 0.6 is 28.1 Å². The summed E-state index contributed by atoms with van der Waals surface area (Å²) in [5, 5.41) is 5.51. The summed E-state index contributed by atoms with van der Waals surface area (Å²) in [5.41, 5.74) is 0.280. The molecule has 11 heteroatoms. The van der Waals surface area contributed by atoms with Crippen LogP contribution in [0.2, 0.25) is 0 Å². The van der Waals surface area contributed by atoms with E-state index in [-0.39, 0.29) is 35.7 Å². The lowest BCUT2D eigenvalue weighted by Gasteiger charge is -2.36. The van der Waals surface area contributed by atoms with E-state index in [0.717, 1.165) is 32.1 Å². The summed E-state index contributed by atoms with van der Waals surface area (Å²) in [6.45, 7) is 1.37. The first-order chi connectivity index (χ1) is 16.4. The first kappa shape index (κ1) is 26.4. The Morgan fingerprint density at radius 1 is 1.24 bits per heavy atom. The zero-order valence-electron chi connectivity index (χ0n) is 19.1. The number of esters is 1. The monoisotopic (exact) mass is 555 g/mol. The second-order valence-electron chi connectivity index (χ2n) is 8.20. The third kappa shape index (κ3) is 7.38. The Hall–Kier alpha value is -2.24. The number of ether oxygens (including phenoxy) is 3. The summed E-state index contributed by atoms with van der Waals surface area (Å²) < 4.78 is 16.9. The van der Waals surface area contributed by atoms with Gasteiger partial charge in [0.1, 0.15) is 24.5 Å². The van der Waals surface area contributed by atoms with Gasteiger partial charge in [-0.05, 0) is 56.1 Å². The number of piperazine rings is 1. The van der Waals surface area contributed by atoms with Crippen LogP contribution in [0.4, 0.5) is 0 Å². The molecule has 186 valence electrons. The molecule has 0 aromatic heterocycles. The largest absolute Gasteiger partial charge is 0.490 e. The number of benzene rings is 1. The van der Waals surface area contributed by atoms with Crippen LogP contribution in [0.5, 0.6) is 5.75 Å². The van der Waals surface area contributed by atoms with Crippen LogP contribution in [-0.2, 0) is 19.1 Å². The van der Waals surface area contributed by atoms with E-state index in [9.17, 15) is 14.4 Å². The standard InChI is InChI=1S/C23H30BrN3O6S/c1-31-11-12-32-19-8-7-15(24)13-17(19)21(29)26-23(34)27-10-9-25-22(30)18(27)14-20(28)33-16-5-3-2-4-6-16/h7-8,13,16,18H,2-6,9-12,14H2,1H3,(H,25,30)(H,26,29,34). The molecule has 1 atom stereocenters. The number of hydrogen-bond acceptors (Lipinski definition) is 7. The molecule has 1 heterocycles. The third-order valence-electron chi connectivity index (χ3n) is 5.75. The predicted molar refractivity (Wildman–Crippen MR) is 133 cm³/mol. The van der Waals surface area contributed by atoms with Gasteiger partial charge in [-0.1, -0.05) is 22.4 Å². The molecule has 9 nitrogen and oxygen atoms in total. The molecule has 34 heavy (non-hydrogen) atoms. The second-order valence-corrected chi connectivity index (χ2v) is 9.50. The summed E-state index contributed by atoms with van der Waals surface area (Å²) in [4.78, 5) is 39.7. The van der Waals surface area contributed by atoms with Crippen LogP contribution in [-0.4, -0.2) is 73.4 Å². The maximum absolute atomic E-state index is 13.0. The van der Waals surface area contributed by atoms with Gasteiger partial charge >= 0.3 is 5.97 Å². The Morgan fingerprint density at radius 3 is 2.74 bits per heavy atom. The van der Waals surface area contributed by atoms with Crippen LogP contribution in [0.25, 0.3) is 0 Å². The Morgan fingerprint density at radius 2 is 2.00 bits per heavy atom. The van der Waals surface area contributed by atoms with E-state index in [2.05, 4.69) is 26.6 Å². The quantitative estimate of drug-likeness (QED) is 0.286. The fourth-order valence-corrected chi connectivity index (χ4v) is 4.68. The van der Waals surface area contributed by atoms with Crippen molar-refractivity contribution in [1.29, 1.82) is 0 Å². The Balaban J connectivity index is 1.65. The highest BCUT2D eigenvalue weighted by molar-refractivity contribution is 9.10. The van der Waals surface area contributed by atoms with E-state index in [1.165, 1.54) is 0 Å². The SMILES string of the molecule is COCCOc1ccc(Br)cc1C(=O)NC(=S)N1CCNC(=O)C1CC(=O)OC1CCCCC1. The van der Waals surface area contributed by atoms with Crippen LogP contribution in [0.1, 0.15) is 48.9 Å². The fourth-order valence-electron chi connectivity index (χ4n) is 4.01. The van der Waals surface area contributed by atoms with Crippen molar-refractivity contribution >= 4 is 51.0 Å². The van der Waals surface area contributed by atoms with E-state index >= 15 is 0 Å². The van der Waals surface area contributed by atoms with Crippen molar-refractivity contribution in [1.82, 2.24) is 15.5 Å². The predicted octanol–water partition coefficient (Wildman–Crippen LogP) is 2.56. The van der Waals surface area contributed by atoms with Crippen molar-refractivity contribution in [2.75, 3.05) is 33.4 Å². The van der Waals surface area contributed by atoms with Gasteiger partial charge in [0.2, 0.25) is 5.91 Å². The van der Waals surface area contributed by atoms with Gasteiger partial charge in [-0.15, -0.1) is 0 Å².